The van der Waals surface area contributed by atoms with Gasteiger partial charge in [-0.05, 0) is 34.5 Å². The average molecular weight is 349 g/mol. The van der Waals surface area contributed by atoms with Crippen molar-refractivity contribution in [3.8, 4) is 0 Å². The molecule has 0 bridgehead atoms. The Labute approximate surface area is 130 Å². The first kappa shape index (κ1) is 15.2. The van der Waals surface area contributed by atoms with E-state index in [1.807, 2.05) is 37.3 Å². The Bertz CT molecular complexity index is 674. The highest BCUT2D eigenvalue weighted by atomic mass is 79.9. The zero-order valence-corrected chi connectivity index (χ0v) is 12.8. The highest BCUT2D eigenvalue weighted by Gasteiger charge is 2.17. The second-order valence-corrected chi connectivity index (χ2v) is 5.38. The molecular formula is C15H13BrN2O3. The Morgan fingerprint density at radius 1 is 1.24 bits per heavy atom. The summed E-state index contributed by atoms with van der Waals surface area (Å²) in [5, 5.41) is 13.6. The molecule has 0 saturated heterocycles. The summed E-state index contributed by atoms with van der Waals surface area (Å²) in [6, 6.07) is 13.4. The second-order valence-electron chi connectivity index (χ2n) is 4.53. The summed E-state index contributed by atoms with van der Waals surface area (Å²) in [6.07, 6.45) is 0. The molecule has 0 aliphatic rings. The molecule has 108 valence electrons. The van der Waals surface area contributed by atoms with Crippen LogP contribution in [0.4, 0.5) is 5.69 Å². The normalized spacial score (nSPS) is 11.7. The maximum atomic E-state index is 12.3. The van der Waals surface area contributed by atoms with Crippen LogP contribution in [0.3, 0.4) is 0 Å². The molecule has 6 heteroatoms. The summed E-state index contributed by atoms with van der Waals surface area (Å²) in [6.45, 7) is 1.86. The van der Waals surface area contributed by atoms with Crippen LogP contribution in [-0.4, -0.2) is 10.8 Å². The molecule has 1 N–H and O–H groups in total. The van der Waals surface area contributed by atoms with E-state index in [4.69, 9.17) is 0 Å². The van der Waals surface area contributed by atoms with Crippen molar-refractivity contribution in [3.63, 3.8) is 0 Å². The molecule has 1 unspecified atom stereocenters. The zero-order chi connectivity index (χ0) is 15.4. The molecule has 2 aromatic carbocycles. The lowest BCUT2D eigenvalue weighted by molar-refractivity contribution is -0.384. The van der Waals surface area contributed by atoms with Gasteiger partial charge in [-0.25, -0.2) is 0 Å². The van der Waals surface area contributed by atoms with E-state index in [0.717, 1.165) is 5.56 Å². The van der Waals surface area contributed by atoms with Gasteiger partial charge in [0.05, 0.1) is 16.5 Å². The quantitative estimate of drug-likeness (QED) is 0.673. The molecule has 0 aliphatic carbocycles. The van der Waals surface area contributed by atoms with Crippen molar-refractivity contribution in [1.29, 1.82) is 0 Å². The second kappa shape index (κ2) is 6.49. The first-order valence-electron chi connectivity index (χ1n) is 6.29. The van der Waals surface area contributed by atoms with Gasteiger partial charge in [0.25, 0.3) is 11.6 Å². The van der Waals surface area contributed by atoms with Gasteiger partial charge in [0.15, 0.2) is 0 Å². The summed E-state index contributed by atoms with van der Waals surface area (Å²) < 4.78 is 0.519. The fraction of sp³-hybridized carbons (Fsp3) is 0.133. The van der Waals surface area contributed by atoms with Crippen LogP contribution in [0.5, 0.6) is 0 Å². The van der Waals surface area contributed by atoms with Crippen molar-refractivity contribution >= 4 is 27.5 Å². The molecule has 0 aliphatic heterocycles. The number of hydrogen-bond acceptors (Lipinski definition) is 3. The predicted molar refractivity (Wildman–Crippen MR) is 83.1 cm³/mol. The average Bonchev–Trinajstić information content (AvgIpc) is 2.48. The SMILES string of the molecule is CC(NC(=O)c1cc([N+](=O)[O-])ccc1Br)c1ccccc1. The molecule has 5 nitrogen and oxygen atoms in total. The standard InChI is InChI=1S/C15H13BrN2O3/c1-10(11-5-3-2-4-6-11)17-15(19)13-9-12(18(20)21)7-8-14(13)16/h2-10H,1H3,(H,17,19). The predicted octanol–water partition coefficient (Wildman–Crippen LogP) is 3.85. The van der Waals surface area contributed by atoms with Crippen molar-refractivity contribution in [1.82, 2.24) is 5.32 Å². The fourth-order valence-corrected chi connectivity index (χ4v) is 2.33. The fourth-order valence-electron chi connectivity index (χ4n) is 1.90. The van der Waals surface area contributed by atoms with Crippen LogP contribution in [0.15, 0.2) is 53.0 Å². The number of nitrogens with one attached hydrogen (secondary N) is 1. The van der Waals surface area contributed by atoms with Crippen molar-refractivity contribution < 1.29 is 9.72 Å². The smallest absolute Gasteiger partial charge is 0.270 e. The van der Waals surface area contributed by atoms with Crippen LogP contribution >= 0.6 is 15.9 Å². The van der Waals surface area contributed by atoms with E-state index in [1.165, 1.54) is 18.2 Å². The van der Waals surface area contributed by atoms with E-state index in [2.05, 4.69) is 21.2 Å². The van der Waals surface area contributed by atoms with Crippen molar-refractivity contribution in [2.24, 2.45) is 0 Å². The van der Waals surface area contributed by atoms with E-state index < -0.39 is 4.92 Å². The van der Waals surface area contributed by atoms with Crippen LogP contribution in [0.1, 0.15) is 28.9 Å². The van der Waals surface area contributed by atoms with E-state index in [9.17, 15) is 14.9 Å². The van der Waals surface area contributed by atoms with E-state index in [-0.39, 0.29) is 23.2 Å². The lowest BCUT2D eigenvalue weighted by Crippen LogP contribution is -2.27. The van der Waals surface area contributed by atoms with Crippen LogP contribution < -0.4 is 5.32 Å². The number of hydrogen-bond donors (Lipinski definition) is 1. The van der Waals surface area contributed by atoms with Gasteiger partial charge >= 0.3 is 0 Å². The summed E-state index contributed by atoms with van der Waals surface area (Å²) in [5.74, 6) is -0.359. The van der Waals surface area contributed by atoms with Gasteiger partial charge in [-0.2, -0.15) is 0 Å². The Kier molecular flexibility index (Phi) is 4.70. The van der Waals surface area contributed by atoms with Gasteiger partial charge in [0.1, 0.15) is 0 Å². The number of carbonyl (C=O) groups is 1. The number of halogens is 1. The number of nitro groups is 1. The van der Waals surface area contributed by atoms with E-state index in [1.54, 1.807) is 0 Å². The van der Waals surface area contributed by atoms with Crippen LogP contribution in [-0.2, 0) is 0 Å². The minimum absolute atomic E-state index is 0.115. The maximum absolute atomic E-state index is 12.3. The number of nitro benzene ring substituents is 1. The lowest BCUT2D eigenvalue weighted by Gasteiger charge is -2.14. The third kappa shape index (κ3) is 3.66. The number of rotatable bonds is 4. The Hall–Kier alpha value is -2.21. The molecule has 0 heterocycles. The summed E-state index contributed by atoms with van der Waals surface area (Å²) in [4.78, 5) is 22.5. The minimum Gasteiger partial charge on any atom is -0.345 e. The van der Waals surface area contributed by atoms with E-state index in [0.29, 0.717) is 4.47 Å². The van der Waals surface area contributed by atoms with Crippen LogP contribution in [0.25, 0.3) is 0 Å². The Morgan fingerprint density at radius 3 is 2.52 bits per heavy atom. The molecule has 1 atom stereocenters. The third-order valence-electron chi connectivity index (χ3n) is 3.05. The minimum atomic E-state index is -0.524. The molecule has 2 rings (SSSR count). The van der Waals surface area contributed by atoms with Gasteiger partial charge < -0.3 is 5.32 Å². The van der Waals surface area contributed by atoms with Gasteiger partial charge in [-0.1, -0.05) is 30.3 Å². The van der Waals surface area contributed by atoms with Crippen molar-refractivity contribution in [2.45, 2.75) is 13.0 Å². The first-order chi connectivity index (χ1) is 9.99. The molecular weight excluding hydrogens is 336 g/mol. The van der Waals surface area contributed by atoms with Gasteiger partial charge in [0.2, 0.25) is 0 Å². The van der Waals surface area contributed by atoms with Crippen molar-refractivity contribution in [2.75, 3.05) is 0 Å². The number of nitrogens with zero attached hydrogens (tertiary/aromatic N) is 1. The Morgan fingerprint density at radius 2 is 1.90 bits per heavy atom. The number of carbonyl (C=O) groups excluding carboxylic acids is 1. The van der Waals surface area contributed by atoms with Crippen molar-refractivity contribution in [3.05, 3.63) is 74.2 Å². The molecule has 0 fully saturated rings. The monoisotopic (exact) mass is 348 g/mol. The number of amides is 1. The summed E-state index contributed by atoms with van der Waals surface area (Å²) in [5.41, 5.74) is 1.09. The largest absolute Gasteiger partial charge is 0.345 e. The molecule has 0 aromatic heterocycles. The molecule has 1 amide bonds. The van der Waals surface area contributed by atoms with Crippen LogP contribution in [0, 0.1) is 10.1 Å². The summed E-state index contributed by atoms with van der Waals surface area (Å²) in [7, 11) is 0. The van der Waals surface area contributed by atoms with E-state index >= 15 is 0 Å². The number of non-ortho nitro benzene ring substituents is 1. The topological polar surface area (TPSA) is 72.2 Å². The third-order valence-corrected chi connectivity index (χ3v) is 3.74. The molecule has 2 aromatic rings. The number of benzene rings is 2. The maximum Gasteiger partial charge on any atom is 0.270 e. The highest BCUT2D eigenvalue weighted by molar-refractivity contribution is 9.10. The molecule has 0 spiro atoms. The van der Waals surface area contributed by atoms with Gasteiger partial charge in [-0.3, -0.25) is 14.9 Å². The molecule has 21 heavy (non-hydrogen) atoms. The molecule has 0 saturated carbocycles. The van der Waals surface area contributed by atoms with Gasteiger partial charge in [0, 0.05) is 16.6 Å². The Balaban J connectivity index is 2.21. The first-order valence-corrected chi connectivity index (χ1v) is 7.08. The van der Waals surface area contributed by atoms with Gasteiger partial charge in [-0.15, -0.1) is 0 Å². The lowest BCUT2D eigenvalue weighted by atomic mass is 10.1. The molecule has 0 radical (unpaired) electrons. The van der Waals surface area contributed by atoms with Crippen LogP contribution in [0.2, 0.25) is 0 Å². The highest BCUT2D eigenvalue weighted by Crippen LogP contribution is 2.23. The zero-order valence-electron chi connectivity index (χ0n) is 11.2. The summed E-state index contributed by atoms with van der Waals surface area (Å²) >= 11 is 3.24.